The molecule has 0 saturated heterocycles. The molecule has 0 aliphatic rings. The van der Waals surface area contributed by atoms with Crippen molar-refractivity contribution in [1.82, 2.24) is 15.0 Å². The minimum absolute atomic E-state index is 0.689. The fraction of sp³-hybridized carbons (Fsp3) is 0.0667. The van der Waals surface area contributed by atoms with Crippen molar-refractivity contribution in [2.45, 2.75) is 0 Å². The lowest BCUT2D eigenvalue weighted by molar-refractivity contribution is 0.415. The fourth-order valence-corrected chi connectivity index (χ4v) is 2.06. The van der Waals surface area contributed by atoms with E-state index in [0.717, 1.165) is 22.7 Å². The zero-order valence-electron chi connectivity index (χ0n) is 11.0. The van der Waals surface area contributed by atoms with Crippen molar-refractivity contribution in [3.63, 3.8) is 0 Å². The van der Waals surface area contributed by atoms with E-state index in [1.54, 1.807) is 18.0 Å². The number of nitrogens with two attached hydrogens (primary N) is 1. The highest BCUT2D eigenvalue weighted by molar-refractivity contribution is 5.63. The Bertz CT molecular complexity index is 736. The molecule has 0 aliphatic carbocycles. The second-order valence-corrected chi connectivity index (χ2v) is 4.36. The minimum Gasteiger partial charge on any atom is -0.497 e. The number of aromatic nitrogens is 3. The molecule has 0 bridgehead atoms. The van der Waals surface area contributed by atoms with Gasteiger partial charge in [-0.25, -0.2) is 4.68 Å². The van der Waals surface area contributed by atoms with Crippen LogP contribution in [0.2, 0.25) is 0 Å². The maximum absolute atomic E-state index is 5.82. The molecule has 1 heterocycles. The van der Waals surface area contributed by atoms with Gasteiger partial charge in [-0.1, -0.05) is 23.4 Å². The number of methoxy groups -OCH3 is 1. The smallest absolute Gasteiger partial charge is 0.119 e. The molecule has 2 N–H and O–H groups in total. The summed E-state index contributed by atoms with van der Waals surface area (Å²) in [6.07, 6.45) is 1.72. The van der Waals surface area contributed by atoms with Gasteiger partial charge in [0.05, 0.1) is 24.7 Å². The molecule has 3 aromatic rings. The Morgan fingerprint density at radius 2 is 1.95 bits per heavy atom. The number of anilines is 1. The Morgan fingerprint density at radius 3 is 2.75 bits per heavy atom. The van der Waals surface area contributed by atoms with E-state index in [0.29, 0.717) is 5.69 Å². The summed E-state index contributed by atoms with van der Waals surface area (Å²) in [5.41, 5.74) is 9.25. The molecule has 0 saturated carbocycles. The van der Waals surface area contributed by atoms with Gasteiger partial charge in [0.25, 0.3) is 0 Å². The van der Waals surface area contributed by atoms with Crippen molar-refractivity contribution in [3.05, 3.63) is 54.7 Å². The summed E-state index contributed by atoms with van der Waals surface area (Å²) in [7, 11) is 1.65. The van der Waals surface area contributed by atoms with E-state index < -0.39 is 0 Å². The number of nitrogen functional groups attached to an aromatic ring is 1. The van der Waals surface area contributed by atoms with E-state index in [9.17, 15) is 0 Å². The molecular formula is C15H14N4O. The number of hydrogen-bond acceptors (Lipinski definition) is 4. The summed E-state index contributed by atoms with van der Waals surface area (Å²) < 4.78 is 7.00. The summed E-state index contributed by atoms with van der Waals surface area (Å²) in [6, 6.07) is 15.3. The molecule has 100 valence electrons. The third-order valence-corrected chi connectivity index (χ3v) is 3.03. The monoisotopic (exact) mass is 266 g/mol. The zero-order valence-corrected chi connectivity index (χ0v) is 11.0. The van der Waals surface area contributed by atoms with Crippen molar-refractivity contribution in [3.8, 4) is 22.7 Å². The standard InChI is InChI=1S/C15H14N4O/c1-20-14-7-2-4-11(8-14)15-10-17-18-19(15)13-6-3-5-12(16)9-13/h2-10H,16H2,1H3. The van der Waals surface area contributed by atoms with Crippen LogP contribution in [-0.4, -0.2) is 22.1 Å². The minimum atomic E-state index is 0.689. The van der Waals surface area contributed by atoms with E-state index in [1.807, 2.05) is 48.5 Å². The highest BCUT2D eigenvalue weighted by atomic mass is 16.5. The summed E-state index contributed by atoms with van der Waals surface area (Å²) in [4.78, 5) is 0. The Hall–Kier alpha value is -2.82. The van der Waals surface area contributed by atoms with Crippen LogP contribution in [0.15, 0.2) is 54.7 Å². The van der Waals surface area contributed by atoms with Crippen LogP contribution in [0.5, 0.6) is 5.75 Å². The van der Waals surface area contributed by atoms with E-state index in [1.165, 1.54) is 0 Å². The predicted molar refractivity (Wildman–Crippen MR) is 77.8 cm³/mol. The van der Waals surface area contributed by atoms with Gasteiger partial charge in [-0.05, 0) is 30.3 Å². The van der Waals surface area contributed by atoms with Gasteiger partial charge in [-0.3, -0.25) is 0 Å². The van der Waals surface area contributed by atoms with Crippen LogP contribution in [0, 0.1) is 0 Å². The number of rotatable bonds is 3. The maximum atomic E-state index is 5.82. The molecule has 2 aromatic carbocycles. The van der Waals surface area contributed by atoms with Gasteiger partial charge >= 0.3 is 0 Å². The van der Waals surface area contributed by atoms with Crippen molar-refractivity contribution < 1.29 is 4.74 Å². The number of ether oxygens (including phenoxy) is 1. The molecule has 0 aliphatic heterocycles. The average molecular weight is 266 g/mol. The average Bonchev–Trinajstić information content (AvgIpc) is 2.97. The van der Waals surface area contributed by atoms with Gasteiger partial charge in [-0.15, -0.1) is 5.10 Å². The molecule has 5 heteroatoms. The zero-order chi connectivity index (χ0) is 13.9. The van der Waals surface area contributed by atoms with Crippen LogP contribution in [0.1, 0.15) is 0 Å². The normalized spacial score (nSPS) is 10.4. The van der Waals surface area contributed by atoms with Crippen molar-refractivity contribution in [2.24, 2.45) is 0 Å². The van der Waals surface area contributed by atoms with Crippen molar-refractivity contribution >= 4 is 5.69 Å². The van der Waals surface area contributed by atoms with E-state index in [2.05, 4.69) is 10.3 Å². The Balaban J connectivity index is 2.10. The predicted octanol–water partition coefficient (Wildman–Crippen LogP) is 2.53. The molecular weight excluding hydrogens is 252 g/mol. The molecule has 0 amide bonds. The molecule has 0 unspecified atom stereocenters. The van der Waals surface area contributed by atoms with Crippen molar-refractivity contribution in [1.29, 1.82) is 0 Å². The first-order valence-corrected chi connectivity index (χ1v) is 6.19. The second-order valence-electron chi connectivity index (χ2n) is 4.36. The molecule has 0 atom stereocenters. The van der Waals surface area contributed by atoms with Gasteiger partial charge in [-0.2, -0.15) is 0 Å². The van der Waals surface area contributed by atoms with Crippen LogP contribution in [0.25, 0.3) is 16.9 Å². The Labute approximate surface area is 116 Å². The molecule has 3 rings (SSSR count). The molecule has 0 spiro atoms. The van der Waals surface area contributed by atoms with Crippen LogP contribution >= 0.6 is 0 Å². The lowest BCUT2D eigenvalue weighted by Crippen LogP contribution is -2.00. The molecule has 0 fully saturated rings. The third-order valence-electron chi connectivity index (χ3n) is 3.03. The lowest BCUT2D eigenvalue weighted by Gasteiger charge is -2.08. The Kier molecular flexibility index (Phi) is 3.09. The van der Waals surface area contributed by atoms with E-state index >= 15 is 0 Å². The first-order chi connectivity index (χ1) is 9.78. The van der Waals surface area contributed by atoms with Crippen LogP contribution in [0.4, 0.5) is 5.69 Å². The highest BCUT2D eigenvalue weighted by Gasteiger charge is 2.09. The second kappa shape index (κ2) is 5.05. The summed E-state index contributed by atoms with van der Waals surface area (Å²) >= 11 is 0. The Morgan fingerprint density at radius 1 is 1.10 bits per heavy atom. The van der Waals surface area contributed by atoms with Gasteiger partial charge in [0, 0.05) is 11.3 Å². The molecule has 5 nitrogen and oxygen atoms in total. The van der Waals surface area contributed by atoms with E-state index in [4.69, 9.17) is 10.5 Å². The van der Waals surface area contributed by atoms with Gasteiger partial charge in [0.15, 0.2) is 0 Å². The molecule has 20 heavy (non-hydrogen) atoms. The molecule has 0 radical (unpaired) electrons. The largest absolute Gasteiger partial charge is 0.497 e. The summed E-state index contributed by atoms with van der Waals surface area (Å²) in [5, 5.41) is 8.12. The quantitative estimate of drug-likeness (QED) is 0.740. The van der Waals surface area contributed by atoms with Crippen LogP contribution < -0.4 is 10.5 Å². The van der Waals surface area contributed by atoms with Gasteiger partial charge in [0.1, 0.15) is 5.75 Å². The first-order valence-electron chi connectivity index (χ1n) is 6.19. The number of benzene rings is 2. The first kappa shape index (κ1) is 12.2. The van der Waals surface area contributed by atoms with Gasteiger partial charge in [0.2, 0.25) is 0 Å². The summed E-state index contributed by atoms with van der Waals surface area (Å²) in [6.45, 7) is 0. The third kappa shape index (κ3) is 2.21. The number of nitrogens with zero attached hydrogens (tertiary/aromatic N) is 3. The summed E-state index contributed by atoms with van der Waals surface area (Å²) in [5.74, 6) is 0.794. The fourth-order valence-electron chi connectivity index (χ4n) is 2.06. The highest BCUT2D eigenvalue weighted by Crippen LogP contribution is 2.25. The number of hydrogen-bond donors (Lipinski definition) is 1. The maximum Gasteiger partial charge on any atom is 0.119 e. The topological polar surface area (TPSA) is 66.0 Å². The van der Waals surface area contributed by atoms with Gasteiger partial charge < -0.3 is 10.5 Å². The van der Waals surface area contributed by atoms with Crippen molar-refractivity contribution in [2.75, 3.05) is 12.8 Å². The molecule has 1 aromatic heterocycles. The van der Waals surface area contributed by atoms with E-state index in [-0.39, 0.29) is 0 Å². The van der Waals surface area contributed by atoms with Crippen LogP contribution in [-0.2, 0) is 0 Å². The van der Waals surface area contributed by atoms with Crippen LogP contribution in [0.3, 0.4) is 0 Å². The SMILES string of the molecule is COc1cccc(-c2cnnn2-c2cccc(N)c2)c1. The lowest BCUT2D eigenvalue weighted by atomic mass is 10.1.